The molecule has 0 atom stereocenters. The van der Waals surface area contributed by atoms with Gasteiger partial charge in [-0.05, 0) is 37.5 Å². The van der Waals surface area contributed by atoms with Gasteiger partial charge in [-0.1, -0.05) is 0 Å². The molecule has 0 aliphatic heterocycles. The third kappa shape index (κ3) is 2.38. The molecule has 1 aromatic carbocycles. The van der Waals surface area contributed by atoms with Gasteiger partial charge < -0.3 is 14.9 Å². The molecular weight excluding hydrogens is 268 g/mol. The highest BCUT2D eigenvalue weighted by Gasteiger charge is 2.21. The van der Waals surface area contributed by atoms with Gasteiger partial charge in [-0.25, -0.2) is 15.8 Å². The Balaban J connectivity index is 2.16. The zero-order chi connectivity index (χ0) is 14.8. The van der Waals surface area contributed by atoms with Crippen LogP contribution in [0.4, 0.5) is 5.82 Å². The third-order valence-corrected chi connectivity index (χ3v) is 3.72. The van der Waals surface area contributed by atoms with Crippen LogP contribution in [0.1, 0.15) is 17.7 Å². The summed E-state index contributed by atoms with van der Waals surface area (Å²) in [4.78, 5) is 9.21. The second kappa shape index (κ2) is 5.57. The molecule has 3 rings (SSSR count). The predicted molar refractivity (Wildman–Crippen MR) is 80.4 cm³/mol. The van der Waals surface area contributed by atoms with Crippen molar-refractivity contribution in [3.05, 3.63) is 29.5 Å². The second-order valence-corrected chi connectivity index (χ2v) is 4.89. The average Bonchev–Trinajstić information content (AvgIpc) is 3.01. The minimum absolute atomic E-state index is 0.597. The van der Waals surface area contributed by atoms with Crippen LogP contribution in [0.5, 0.6) is 11.5 Å². The van der Waals surface area contributed by atoms with Crippen molar-refractivity contribution in [1.29, 1.82) is 0 Å². The van der Waals surface area contributed by atoms with Gasteiger partial charge in [0.05, 0.1) is 19.8 Å². The lowest BCUT2D eigenvalue weighted by atomic mass is 10.1. The number of anilines is 1. The van der Waals surface area contributed by atoms with E-state index in [0.29, 0.717) is 17.4 Å². The molecule has 1 heterocycles. The van der Waals surface area contributed by atoms with Crippen molar-refractivity contribution in [3.8, 4) is 22.9 Å². The minimum atomic E-state index is 0.597. The molecule has 6 heteroatoms. The van der Waals surface area contributed by atoms with Gasteiger partial charge in [0.25, 0.3) is 0 Å². The molecule has 3 N–H and O–H groups in total. The van der Waals surface area contributed by atoms with Crippen LogP contribution in [0, 0.1) is 0 Å². The van der Waals surface area contributed by atoms with Crippen molar-refractivity contribution in [2.45, 2.75) is 19.3 Å². The highest BCUT2D eigenvalue weighted by Crippen LogP contribution is 2.34. The number of aromatic nitrogens is 2. The molecule has 1 aliphatic carbocycles. The monoisotopic (exact) mass is 286 g/mol. The fraction of sp³-hybridized carbons (Fsp3) is 0.333. The number of ether oxygens (including phenoxy) is 2. The molecule has 0 bridgehead atoms. The second-order valence-electron chi connectivity index (χ2n) is 4.89. The van der Waals surface area contributed by atoms with Gasteiger partial charge >= 0.3 is 0 Å². The highest BCUT2D eigenvalue weighted by atomic mass is 16.5. The predicted octanol–water partition coefficient (Wildman–Crippen LogP) is 1.94. The first kappa shape index (κ1) is 13.6. The summed E-state index contributed by atoms with van der Waals surface area (Å²) in [6, 6.07) is 5.56. The van der Waals surface area contributed by atoms with Crippen molar-refractivity contribution in [1.82, 2.24) is 9.97 Å². The first-order valence-electron chi connectivity index (χ1n) is 6.85. The van der Waals surface area contributed by atoms with Gasteiger partial charge in [0.2, 0.25) is 0 Å². The number of benzene rings is 1. The van der Waals surface area contributed by atoms with Crippen LogP contribution in [0.2, 0.25) is 0 Å². The molecule has 2 aromatic rings. The van der Waals surface area contributed by atoms with Gasteiger partial charge in [-0.2, -0.15) is 0 Å². The van der Waals surface area contributed by atoms with E-state index in [2.05, 4.69) is 15.4 Å². The molecule has 0 unspecified atom stereocenters. The number of nitrogens with one attached hydrogen (secondary N) is 1. The number of nitrogens with zero attached hydrogens (tertiary/aromatic N) is 2. The summed E-state index contributed by atoms with van der Waals surface area (Å²) in [5, 5.41) is 0. The molecule has 0 saturated heterocycles. The fourth-order valence-corrected chi connectivity index (χ4v) is 2.66. The molecule has 0 fully saturated rings. The maximum atomic E-state index is 5.60. The van der Waals surface area contributed by atoms with Gasteiger partial charge in [-0.3, -0.25) is 0 Å². The summed E-state index contributed by atoms with van der Waals surface area (Å²) < 4.78 is 10.7. The van der Waals surface area contributed by atoms with Crippen LogP contribution in [0.15, 0.2) is 18.2 Å². The van der Waals surface area contributed by atoms with E-state index in [0.717, 1.165) is 41.8 Å². The molecule has 110 valence electrons. The van der Waals surface area contributed by atoms with E-state index in [-0.39, 0.29) is 0 Å². The van der Waals surface area contributed by atoms with E-state index >= 15 is 0 Å². The molecule has 0 saturated carbocycles. The highest BCUT2D eigenvalue weighted by molar-refractivity contribution is 5.68. The lowest BCUT2D eigenvalue weighted by Crippen LogP contribution is -2.13. The van der Waals surface area contributed by atoms with Gasteiger partial charge in [-0.15, -0.1) is 0 Å². The maximum absolute atomic E-state index is 5.60. The topological polar surface area (TPSA) is 82.3 Å². The van der Waals surface area contributed by atoms with Gasteiger partial charge in [0.1, 0.15) is 17.3 Å². The Kier molecular flexibility index (Phi) is 3.62. The van der Waals surface area contributed by atoms with Crippen LogP contribution in [-0.4, -0.2) is 24.2 Å². The van der Waals surface area contributed by atoms with Crippen molar-refractivity contribution in [3.63, 3.8) is 0 Å². The lowest BCUT2D eigenvalue weighted by Gasteiger charge is -2.12. The SMILES string of the molecule is COc1ccc(OC)c(-c2nc3c(c(NN)n2)CCC3)c1. The number of methoxy groups -OCH3 is 2. The smallest absolute Gasteiger partial charge is 0.165 e. The maximum Gasteiger partial charge on any atom is 0.165 e. The number of hydrazine groups is 1. The Hall–Kier alpha value is -2.34. The van der Waals surface area contributed by atoms with Crippen LogP contribution < -0.4 is 20.7 Å². The summed E-state index contributed by atoms with van der Waals surface area (Å²) in [6.45, 7) is 0. The number of fused-ring (bicyclic) bond motifs is 1. The first-order chi connectivity index (χ1) is 10.3. The van der Waals surface area contributed by atoms with Crippen LogP contribution in [0.25, 0.3) is 11.4 Å². The summed E-state index contributed by atoms with van der Waals surface area (Å²) in [7, 11) is 3.25. The van der Waals surface area contributed by atoms with Crippen LogP contribution in [0.3, 0.4) is 0 Å². The summed E-state index contributed by atoms with van der Waals surface area (Å²) in [6.07, 6.45) is 2.99. The van der Waals surface area contributed by atoms with E-state index in [4.69, 9.17) is 15.3 Å². The normalized spacial score (nSPS) is 12.9. The molecule has 6 nitrogen and oxygen atoms in total. The number of nitrogens with two attached hydrogens (primary N) is 1. The van der Waals surface area contributed by atoms with E-state index in [1.807, 2.05) is 18.2 Å². The zero-order valence-corrected chi connectivity index (χ0v) is 12.1. The third-order valence-electron chi connectivity index (χ3n) is 3.72. The van der Waals surface area contributed by atoms with E-state index in [1.54, 1.807) is 14.2 Å². The Labute approximate surface area is 123 Å². The Morgan fingerprint density at radius 2 is 2.00 bits per heavy atom. The average molecular weight is 286 g/mol. The number of aryl methyl sites for hydroxylation is 1. The van der Waals surface area contributed by atoms with E-state index in [9.17, 15) is 0 Å². The molecule has 1 aliphatic rings. The number of nitrogen functional groups attached to an aromatic ring is 1. The van der Waals surface area contributed by atoms with Crippen molar-refractivity contribution < 1.29 is 9.47 Å². The Morgan fingerprint density at radius 3 is 2.71 bits per heavy atom. The molecule has 0 radical (unpaired) electrons. The van der Waals surface area contributed by atoms with Gasteiger partial charge in [0.15, 0.2) is 5.82 Å². The van der Waals surface area contributed by atoms with Crippen molar-refractivity contribution in [2.24, 2.45) is 5.84 Å². The lowest BCUT2D eigenvalue weighted by molar-refractivity contribution is 0.404. The molecule has 21 heavy (non-hydrogen) atoms. The van der Waals surface area contributed by atoms with Gasteiger partial charge in [0, 0.05) is 11.3 Å². The quantitative estimate of drug-likeness (QED) is 0.660. The van der Waals surface area contributed by atoms with Crippen LogP contribution >= 0.6 is 0 Å². The zero-order valence-electron chi connectivity index (χ0n) is 12.1. The number of hydrogen-bond acceptors (Lipinski definition) is 6. The molecule has 1 aromatic heterocycles. The van der Waals surface area contributed by atoms with E-state index in [1.165, 1.54) is 0 Å². The van der Waals surface area contributed by atoms with Crippen molar-refractivity contribution in [2.75, 3.05) is 19.6 Å². The molecule has 0 amide bonds. The minimum Gasteiger partial charge on any atom is -0.497 e. The number of hydrogen-bond donors (Lipinski definition) is 2. The Morgan fingerprint density at radius 1 is 1.14 bits per heavy atom. The summed E-state index contributed by atoms with van der Waals surface area (Å²) >= 11 is 0. The fourth-order valence-electron chi connectivity index (χ4n) is 2.66. The van der Waals surface area contributed by atoms with Crippen molar-refractivity contribution >= 4 is 5.82 Å². The van der Waals surface area contributed by atoms with Crippen LogP contribution in [-0.2, 0) is 12.8 Å². The molecule has 0 spiro atoms. The largest absolute Gasteiger partial charge is 0.497 e. The number of rotatable bonds is 4. The standard InChI is InChI=1S/C15H18N4O2/c1-20-9-6-7-13(21-2)11(8-9)14-17-12-5-3-4-10(12)15(18-14)19-16/h6-8H,3-5,16H2,1-2H3,(H,17,18,19). The van der Waals surface area contributed by atoms with E-state index < -0.39 is 0 Å². The summed E-state index contributed by atoms with van der Waals surface area (Å²) in [5.74, 6) is 8.33. The molecular formula is C15H18N4O2. The first-order valence-corrected chi connectivity index (χ1v) is 6.85. The summed E-state index contributed by atoms with van der Waals surface area (Å²) in [5.41, 5.74) is 5.64. The Bertz CT molecular complexity index is 673.